The number of aromatic nitrogens is 1. The fourth-order valence-electron chi connectivity index (χ4n) is 3.00. The van der Waals surface area contributed by atoms with Gasteiger partial charge >= 0.3 is 0 Å². The van der Waals surface area contributed by atoms with Gasteiger partial charge in [-0.2, -0.15) is 0 Å². The van der Waals surface area contributed by atoms with Crippen molar-refractivity contribution >= 4 is 11.8 Å². The molecule has 3 rings (SSSR count). The van der Waals surface area contributed by atoms with Crippen LogP contribution in [0.3, 0.4) is 0 Å². The Morgan fingerprint density at radius 3 is 2.70 bits per heavy atom. The maximum absolute atomic E-state index is 13.1. The van der Waals surface area contributed by atoms with Crippen LogP contribution in [0.15, 0.2) is 18.5 Å². The number of carbonyl (C=O) groups excluding carboxylic acids is 2. The van der Waals surface area contributed by atoms with Gasteiger partial charge in [0.15, 0.2) is 0 Å². The number of hydrogen-bond donors (Lipinski definition) is 1. The minimum atomic E-state index is -0.505. The highest BCUT2D eigenvalue weighted by atomic mass is 19.1. The molecule has 0 saturated carbocycles. The quantitative estimate of drug-likeness (QED) is 0.831. The standard InChI is InChI=1S/C14H16FN3O2/c15-11-5-10(7-16-8-11)13(20)18-3-1-14(2-4-18)6-12(19)17-9-14/h5,7-8H,1-4,6,9H2,(H,17,19). The molecule has 2 saturated heterocycles. The molecule has 0 aliphatic carbocycles. The molecule has 0 unspecified atom stereocenters. The molecular formula is C14H16FN3O2. The van der Waals surface area contributed by atoms with Crippen molar-refractivity contribution in [1.29, 1.82) is 0 Å². The zero-order valence-corrected chi connectivity index (χ0v) is 11.1. The van der Waals surface area contributed by atoms with Gasteiger partial charge in [-0.05, 0) is 24.3 Å². The number of likely N-dealkylation sites (tertiary alicyclic amines) is 1. The third-order valence-electron chi connectivity index (χ3n) is 4.26. The molecule has 0 radical (unpaired) electrons. The second kappa shape index (κ2) is 4.85. The van der Waals surface area contributed by atoms with E-state index in [1.807, 2.05) is 0 Å². The van der Waals surface area contributed by atoms with E-state index < -0.39 is 5.82 Å². The highest BCUT2D eigenvalue weighted by molar-refractivity contribution is 5.94. The van der Waals surface area contributed by atoms with E-state index in [-0.39, 0.29) is 22.8 Å². The summed E-state index contributed by atoms with van der Waals surface area (Å²) in [5.41, 5.74) is 0.287. The van der Waals surface area contributed by atoms with Gasteiger partial charge in [0.1, 0.15) is 5.82 Å². The Bertz CT molecular complexity index is 553. The molecule has 1 aromatic heterocycles. The first-order valence-electron chi connectivity index (χ1n) is 6.75. The van der Waals surface area contributed by atoms with Crippen molar-refractivity contribution in [2.75, 3.05) is 19.6 Å². The van der Waals surface area contributed by atoms with Crippen LogP contribution < -0.4 is 5.32 Å². The molecule has 2 aliphatic heterocycles. The molecule has 0 atom stereocenters. The summed E-state index contributed by atoms with van der Waals surface area (Å²) >= 11 is 0. The lowest BCUT2D eigenvalue weighted by molar-refractivity contribution is -0.119. The number of carbonyl (C=O) groups is 2. The lowest BCUT2D eigenvalue weighted by Gasteiger charge is -2.38. The molecule has 106 valence electrons. The van der Waals surface area contributed by atoms with Crippen molar-refractivity contribution in [3.8, 4) is 0 Å². The summed E-state index contributed by atoms with van der Waals surface area (Å²) in [7, 11) is 0. The first kappa shape index (κ1) is 13.0. The Hall–Kier alpha value is -1.98. The number of piperidine rings is 1. The smallest absolute Gasteiger partial charge is 0.255 e. The predicted octanol–water partition coefficient (Wildman–Crippen LogP) is 0.963. The fourth-order valence-corrected chi connectivity index (χ4v) is 3.00. The minimum absolute atomic E-state index is 0.00799. The lowest BCUT2D eigenvalue weighted by Crippen LogP contribution is -2.44. The van der Waals surface area contributed by atoms with Crippen LogP contribution in [-0.4, -0.2) is 41.3 Å². The van der Waals surface area contributed by atoms with E-state index in [0.29, 0.717) is 26.1 Å². The average Bonchev–Trinajstić information content (AvgIpc) is 2.80. The van der Waals surface area contributed by atoms with E-state index in [9.17, 15) is 14.0 Å². The fraction of sp³-hybridized carbons (Fsp3) is 0.500. The van der Waals surface area contributed by atoms with Crippen molar-refractivity contribution in [3.63, 3.8) is 0 Å². The van der Waals surface area contributed by atoms with Crippen LogP contribution in [0.2, 0.25) is 0 Å². The van der Waals surface area contributed by atoms with Crippen LogP contribution in [0.4, 0.5) is 4.39 Å². The van der Waals surface area contributed by atoms with E-state index in [0.717, 1.165) is 19.0 Å². The molecule has 2 amide bonds. The summed E-state index contributed by atoms with van der Waals surface area (Å²) in [5, 5.41) is 2.86. The van der Waals surface area contributed by atoms with E-state index in [2.05, 4.69) is 10.3 Å². The summed E-state index contributed by atoms with van der Waals surface area (Å²) < 4.78 is 13.1. The number of rotatable bonds is 1. The lowest BCUT2D eigenvalue weighted by atomic mass is 9.77. The van der Waals surface area contributed by atoms with Crippen LogP contribution in [0, 0.1) is 11.2 Å². The number of hydrogen-bond acceptors (Lipinski definition) is 3. The number of nitrogens with zero attached hydrogens (tertiary/aromatic N) is 2. The zero-order valence-electron chi connectivity index (χ0n) is 11.1. The molecular weight excluding hydrogens is 261 g/mol. The molecule has 3 heterocycles. The van der Waals surface area contributed by atoms with E-state index >= 15 is 0 Å². The van der Waals surface area contributed by atoms with Gasteiger partial charge < -0.3 is 10.2 Å². The first-order valence-corrected chi connectivity index (χ1v) is 6.75. The normalized spacial score (nSPS) is 21.1. The number of nitrogens with one attached hydrogen (secondary N) is 1. The predicted molar refractivity (Wildman–Crippen MR) is 69.4 cm³/mol. The van der Waals surface area contributed by atoms with Crippen LogP contribution in [0.1, 0.15) is 29.6 Å². The van der Waals surface area contributed by atoms with Crippen LogP contribution in [0.5, 0.6) is 0 Å². The number of halogens is 1. The van der Waals surface area contributed by atoms with Gasteiger partial charge in [-0.1, -0.05) is 0 Å². The van der Waals surface area contributed by atoms with Gasteiger partial charge in [-0.15, -0.1) is 0 Å². The molecule has 1 N–H and O–H groups in total. The van der Waals surface area contributed by atoms with Crippen molar-refractivity contribution in [2.24, 2.45) is 5.41 Å². The highest BCUT2D eigenvalue weighted by Gasteiger charge is 2.41. The molecule has 6 heteroatoms. The average molecular weight is 277 g/mol. The Morgan fingerprint density at radius 1 is 1.35 bits per heavy atom. The molecule has 0 aromatic carbocycles. The van der Waals surface area contributed by atoms with Gasteiger partial charge in [-0.25, -0.2) is 4.39 Å². The monoisotopic (exact) mass is 277 g/mol. The zero-order chi connectivity index (χ0) is 14.2. The maximum atomic E-state index is 13.1. The van der Waals surface area contributed by atoms with Gasteiger partial charge in [0.2, 0.25) is 5.91 Å². The van der Waals surface area contributed by atoms with Crippen LogP contribution >= 0.6 is 0 Å². The number of amides is 2. The first-order chi connectivity index (χ1) is 9.58. The Kier molecular flexibility index (Phi) is 3.16. The van der Waals surface area contributed by atoms with Crippen molar-refractivity contribution in [1.82, 2.24) is 15.2 Å². The van der Waals surface area contributed by atoms with Crippen molar-refractivity contribution in [3.05, 3.63) is 29.8 Å². The van der Waals surface area contributed by atoms with Gasteiger partial charge in [-0.3, -0.25) is 14.6 Å². The van der Waals surface area contributed by atoms with Crippen LogP contribution in [-0.2, 0) is 4.79 Å². The van der Waals surface area contributed by atoms with Crippen molar-refractivity contribution < 1.29 is 14.0 Å². The summed E-state index contributed by atoms with van der Waals surface area (Å²) in [5.74, 6) is -0.599. The second-order valence-corrected chi connectivity index (χ2v) is 5.64. The van der Waals surface area contributed by atoms with E-state index in [1.165, 1.54) is 12.3 Å². The van der Waals surface area contributed by atoms with Gasteiger partial charge in [0, 0.05) is 32.3 Å². The summed E-state index contributed by atoms with van der Waals surface area (Å²) in [6.07, 6.45) is 4.63. The molecule has 20 heavy (non-hydrogen) atoms. The van der Waals surface area contributed by atoms with Crippen LogP contribution in [0.25, 0.3) is 0 Å². The highest BCUT2D eigenvalue weighted by Crippen LogP contribution is 2.37. The van der Waals surface area contributed by atoms with E-state index in [1.54, 1.807) is 4.90 Å². The largest absolute Gasteiger partial charge is 0.356 e. The SMILES string of the molecule is O=C1CC2(CCN(C(=O)c3cncc(F)c3)CC2)CN1. The molecule has 2 aliphatic rings. The van der Waals surface area contributed by atoms with Gasteiger partial charge in [0.05, 0.1) is 11.8 Å². The minimum Gasteiger partial charge on any atom is -0.356 e. The summed E-state index contributed by atoms with van der Waals surface area (Å²) in [6.45, 7) is 1.91. The molecule has 1 aromatic rings. The topological polar surface area (TPSA) is 62.3 Å². The third-order valence-corrected chi connectivity index (χ3v) is 4.26. The molecule has 5 nitrogen and oxygen atoms in total. The maximum Gasteiger partial charge on any atom is 0.255 e. The molecule has 0 bridgehead atoms. The summed E-state index contributed by atoms with van der Waals surface area (Å²) in [4.78, 5) is 29.0. The Balaban J connectivity index is 1.66. The van der Waals surface area contributed by atoms with Gasteiger partial charge in [0.25, 0.3) is 5.91 Å². The summed E-state index contributed by atoms with van der Waals surface area (Å²) in [6, 6.07) is 1.21. The van der Waals surface area contributed by atoms with E-state index in [4.69, 9.17) is 0 Å². The third kappa shape index (κ3) is 2.37. The molecule has 1 spiro atoms. The van der Waals surface area contributed by atoms with Crippen molar-refractivity contribution in [2.45, 2.75) is 19.3 Å². The Labute approximate surface area is 116 Å². The molecule has 2 fully saturated rings. The number of pyridine rings is 1. The Morgan fingerprint density at radius 2 is 2.10 bits per heavy atom. The second-order valence-electron chi connectivity index (χ2n) is 5.64.